The van der Waals surface area contributed by atoms with E-state index in [0.717, 1.165) is 26.8 Å². The fraction of sp³-hybridized carbons (Fsp3) is 0.447. The van der Waals surface area contributed by atoms with E-state index in [1.165, 1.54) is 11.8 Å². The number of imide groups is 1. The van der Waals surface area contributed by atoms with Crippen molar-refractivity contribution in [3.63, 3.8) is 0 Å². The number of amides is 14. The predicted octanol–water partition coefficient (Wildman–Crippen LogP) is 3.97. The molecule has 3 aliphatic rings. The first kappa shape index (κ1) is 89.4. The minimum Gasteiger partial charge on any atom is -0.394 e. The third kappa shape index (κ3) is 26.0. The van der Waals surface area contributed by atoms with Crippen LogP contribution in [0.3, 0.4) is 0 Å². The van der Waals surface area contributed by atoms with Gasteiger partial charge < -0.3 is 84.3 Å². The Hall–Kier alpha value is -11.5. The first-order valence-corrected chi connectivity index (χ1v) is 40.2. The standard InChI is InChI=1S/C85H110ClN17O14/c1-50(2)41-65(74(106)93-64(19-13-35-90-83(88)89)81(113)101-36-14-20-71(101)79(111)91-53(7)73(87)105)94-75(107)66(45-56-28-33-63(34-29-56)92-84(115)102(51(3)4)52(5)6)95-76(108)67(44-55-21-23-58(24-22-55)48-100-37-39-117-40-38-100)96-78(110)70(49-104)98-77(109)68(43-54-15-9-8-10-16-54)97-80(112)72(47-57-26-31-62(86)32-27-57)103-82(114)69(99-85(103)116)46-59-25-30-60-17-11-12-18-61(60)42-59/h8-12,15-18,21-34,42,50-53,64-72,104H,13-14,19-20,35-41,43-49H2,1-7H3,(H2,87,105)(H,91,111)(H,92,115)(H,93,106)(H,94,107)(H,95,108)(H,96,110)(H,97,112)(H,98,109)(H,99,116)(H4,88,89,90)/t53-,64+,65+,66-,67+,68-,69?,70+,71+,72?/m1/s1. The van der Waals surface area contributed by atoms with Gasteiger partial charge in [-0.3, -0.25) is 58.3 Å². The van der Waals surface area contributed by atoms with E-state index in [4.69, 9.17) is 33.2 Å². The molecular formula is C85H110ClN17O14. The minimum absolute atomic E-state index is 0.0136. The molecule has 14 amide bonds. The van der Waals surface area contributed by atoms with Crippen molar-refractivity contribution in [2.45, 2.75) is 192 Å². The van der Waals surface area contributed by atoms with Crippen LogP contribution in [0, 0.1) is 11.3 Å². The Morgan fingerprint density at radius 2 is 1.09 bits per heavy atom. The summed E-state index contributed by atoms with van der Waals surface area (Å²) >= 11 is 6.30. The molecule has 10 atom stereocenters. The highest BCUT2D eigenvalue weighted by atomic mass is 35.5. The molecule has 0 aromatic heterocycles. The van der Waals surface area contributed by atoms with Crippen molar-refractivity contribution in [3.05, 3.63) is 184 Å². The lowest BCUT2D eigenvalue weighted by atomic mass is 9.99. The SMILES string of the molecule is CC(C)C[C@H](NC(=O)[C@@H](Cc1ccc(NC(=O)N(C(C)C)C(C)C)cc1)NC(=O)[C@H](Cc1ccc(CN2CCOCC2)cc1)NC(=O)[C@H](CO)NC(=O)[C@@H](Cc1ccccc1)NC(=O)C(Cc1ccc(Cl)cc1)N1C(=O)NC(Cc2ccc3ccccc3c2)C1=O)C(=O)N[C@@H](CCCNC(=N)N)C(=O)N1CCC[C@H]1C(=O)N[C@H](C)C(N)=O. The molecule has 6 aromatic carbocycles. The number of urea groups is 2. The van der Waals surface area contributed by atoms with Crippen molar-refractivity contribution in [3.8, 4) is 0 Å². The van der Waals surface area contributed by atoms with Crippen molar-refractivity contribution in [2.75, 3.05) is 51.3 Å². The average Bonchev–Trinajstić information content (AvgIpc) is 1.64. The number of likely N-dealkylation sites (tertiary alicyclic amines) is 1. The second kappa shape index (κ2) is 42.9. The number of halogens is 1. The van der Waals surface area contributed by atoms with Gasteiger partial charge in [-0.05, 0) is 141 Å². The van der Waals surface area contributed by atoms with Gasteiger partial charge in [-0.1, -0.05) is 147 Å². The number of nitrogens with zero attached hydrogens (tertiary/aromatic N) is 4. The highest BCUT2D eigenvalue weighted by Gasteiger charge is 2.46. The largest absolute Gasteiger partial charge is 0.394 e. The number of nitrogens with one attached hydrogen (secondary N) is 11. The molecule has 0 aliphatic carbocycles. The van der Waals surface area contributed by atoms with Crippen LogP contribution in [0.25, 0.3) is 10.8 Å². The zero-order valence-electron chi connectivity index (χ0n) is 67.2. The summed E-state index contributed by atoms with van der Waals surface area (Å²) in [6.07, 6.45) is -0.0742. The summed E-state index contributed by atoms with van der Waals surface area (Å²) < 4.78 is 5.57. The Morgan fingerprint density at radius 3 is 1.67 bits per heavy atom. The molecule has 3 saturated heterocycles. The van der Waals surface area contributed by atoms with Gasteiger partial charge in [0.25, 0.3) is 5.91 Å². The van der Waals surface area contributed by atoms with Crippen molar-refractivity contribution in [1.29, 1.82) is 5.41 Å². The van der Waals surface area contributed by atoms with Crippen molar-refractivity contribution < 1.29 is 67.4 Å². The van der Waals surface area contributed by atoms with Crippen LogP contribution >= 0.6 is 11.6 Å². The number of primary amides is 1. The molecule has 117 heavy (non-hydrogen) atoms. The molecule has 0 bridgehead atoms. The molecule has 32 heteroatoms. The van der Waals surface area contributed by atoms with Crippen LogP contribution in [0.5, 0.6) is 0 Å². The number of fused-ring (bicyclic) bond motifs is 1. The van der Waals surface area contributed by atoms with Gasteiger partial charge in [0.2, 0.25) is 53.2 Å². The van der Waals surface area contributed by atoms with Gasteiger partial charge in [0.1, 0.15) is 60.4 Å². The van der Waals surface area contributed by atoms with E-state index in [1.54, 1.807) is 110 Å². The highest BCUT2D eigenvalue weighted by Crippen LogP contribution is 2.26. The lowest BCUT2D eigenvalue weighted by Gasteiger charge is -2.31. The molecule has 9 rings (SSSR count). The van der Waals surface area contributed by atoms with Gasteiger partial charge in [-0.25, -0.2) is 14.5 Å². The first-order chi connectivity index (χ1) is 55.9. The van der Waals surface area contributed by atoms with Crippen molar-refractivity contribution in [2.24, 2.45) is 17.4 Å². The monoisotopic (exact) mass is 1630 g/mol. The molecule has 6 aromatic rings. The number of morpholine rings is 1. The maximum Gasteiger partial charge on any atom is 0.325 e. The zero-order valence-corrected chi connectivity index (χ0v) is 67.9. The smallest absolute Gasteiger partial charge is 0.325 e. The molecule has 2 unspecified atom stereocenters. The van der Waals surface area contributed by atoms with Gasteiger partial charge in [0, 0.05) is 87.6 Å². The third-order valence-corrected chi connectivity index (χ3v) is 21.0. The lowest BCUT2D eigenvalue weighted by molar-refractivity contribution is -0.142. The predicted molar refractivity (Wildman–Crippen MR) is 442 cm³/mol. The maximum absolute atomic E-state index is 15.6. The highest BCUT2D eigenvalue weighted by molar-refractivity contribution is 6.30. The normalized spacial score (nSPS) is 17.0. The fourth-order valence-corrected chi connectivity index (χ4v) is 14.8. The quantitative estimate of drug-likeness (QED) is 0.0112. The van der Waals surface area contributed by atoms with E-state index in [-0.39, 0.29) is 101 Å². The molecule has 3 fully saturated rings. The molecule has 0 saturated carbocycles. The van der Waals surface area contributed by atoms with Gasteiger partial charge in [-0.2, -0.15) is 0 Å². The average molecular weight is 1630 g/mol. The van der Waals surface area contributed by atoms with Gasteiger partial charge in [-0.15, -0.1) is 0 Å². The number of carbonyl (C=O) groups is 12. The number of hydrogen-bond donors (Lipinski definition) is 14. The summed E-state index contributed by atoms with van der Waals surface area (Å²) in [7, 11) is 0. The van der Waals surface area contributed by atoms with Crippen LogP contribution in [0.1, 0.15) is 114 Å². The van der Waals surface area contributed by atoms with E-state index in [0.29, 0.717) is 72.2 Å². The zero-order chi connectivity index (χ0) is 84.6. The van der Waals surface area contributed by atoms with Crippen LogP contribution in [0.4, 0.5) is 15.3 Å². The van der Waals surface area contributed by atoms with E-state index < -0.39 is 132 Å². The molecule has 626 valence electrons. The van der Waals surface area contributed by atoms with E-state index >= 15 is 24.0 Å². The number of ether oxygens (including phenoxy) is 1. The third-order valence-electron chi connectivity index (χ3n) is 20.8. The van der Waals surface area contributed by atoms with Crippen LogP contribution in [0.15, 0.2) is 146 Å². The number of hydrogen-bond acceptors (Lipinski definition) is 16. The summed E-state index contributed by atoms with van der Waals surface area (Å²) in [5.41, 5.74) is 15.1. The maximum atomic E-state index is 15.6. The molecule has 0 radical (unpaired) electrons. The summed E-state index contributed by atoms with van der Waals surface area (Å²) in [4.78, 5) is 180. The number of guanidine groups is 1. The Balaban J connectivity index is 1.01. The molecule has 31 nitrogen and oxygen atoms in total. The van der Waals surface area contributed by atoms with E-state index in [2.05, 4.69) is 58.1 Å². The lowest BCUT2D eigenvalue weighted by Crippen LogP contribution is -2.61. The summed E-state index contributed by atoms with van der Waals surface area (Å²) in [5, 5.41) is 48.7. The molecule has 0 spiro atoms. The molecular weight excluding hydrogens is 1520 g/mol. The van der Waals surface area contributed by atoms with Crippen LogP contribution in [0.2, 0.25) is 5.02 Å². The van der Waals surface area contributed by atoms with Crippen LogP contribution in [-0.2, 0) is 91.3 Å². The summed E-state index contributed by atoms with van der Waals surface area (Å²) in [6, 6.07) is 26.6. The fourth-order valence-electron chi connectivity index (χ4n) is 14.7. The number of nitrogens with two attached hydrogens (primary N) is 2. The number of carbonyl (C=O) groups excluding carboxylic acids is 12. The molecule has 3 heterocycles. The molecule has 16 N–H and O–H groups in total. The second-order valence-electron chi connectivity index (χ2n) is 31.0. The summed E-state index contributed by atoms with van der Waals surface area (Å²) in [5.74, 6) is -9.03. The van der Waals surface area contributed by atoms with E-state index in [9.17, 15) is 38.7 Å². The van der Waals surface area contributed by atoms with Gasteiger partial charge in [0.05, 0.1) is 19.8 Å². The van der Waals surface area contributed by atoms with E-state index in [1.807, 2.05) is 82.3 Å². The van der Waals surface area contributed by atoms with Crippen LogP contribution < -0.4 is 64.6 Å². The van der Waals surface area contributed by atoms with Gasteiger partial charge >= 0.3 is 12.1 Å². The topological polar surface area (TPSA) is 443 Å². The van der Waals surface area contributed by atoms with Crippen molar-refractivity contribution >= 4 is 105 Å². The Labute approximate surface area is 686 Å². The first-order valence-electron chi connectivity index (χ1n) is 39.8. The minimum atomic E-state index is -1.84. The van der Waals surface area contributed by atoms with Gasteiger partial charge in [0.15, 0.2) is 5.96 Å². The van der Waals surface area contributed by atoms with Crippen molar-refractivity contribution in [1.82, 2.24) is 67.5 Å². The Morgan fingerprint density at radius 1 is 0.581 bits per heavy atom. The number of anilines is 1. The number of aliphatic hydroxyl groups is 1. The Bertz CT molecular complexity index is 4470. The summed E-state index contributed by atoms with van der Waals surface area (Å²) in [6.45, 7) is 14.8. The van der Waals surface area contributed by atoms with Crippen LogP contribution in [-0.4, -0.2) is 220 Å². The number of benzene rings is 6. The number of rotatable bonds is 39. The second-order valence-corrected chi connectivity index (χ2v) is 31.4. The molecule has 3 aliphatic heterocycles. The number of aliphatic hydroxyl groups excluding tert-OH is 1. The Kier molecular flexibility index (Phi) is 32.8.